The second kappa shape index (κ2) is 3.97. The summed E-state index contributed by atoms with van der Waals surface area (Å²) < 4.78 is 15.6. The SMILES string of the molecule is CC(Cl)c1nc2cc(F)ccc2n1C1C(C)(C)C1(C)C. The lowest BCUT2D eigenvalue weighted by atomic mass is 10.0. The van der Waals surface area contributed by atoms with E-state index in [2.05, 4.69) is 37.2 Å². The fourth-order valence-electron chi connectivity index (χ4n) is 3.45. The van der Waals surface area contributed by atoms with Gasteiger partial charge in [0, 0.05) is 12.1 Å². The van der Waals surface area contributed by atoms with E-state index in [9.17, 15) is 4.39 Å². The highest BCUT2D eigenvalue weighted by molar-refractivity contribution is 6.20. The van der Waals surface area contributed by atoms with Crippen LogP contribution in [0.25, 0.3) is 11.0 Å². The van der Waals surface area contributed by atoms with E-state index in [0.29, 0.717) is 11.6 Å². The molecule has 1 aromatic heterocycles. The lowest BCUT2D eigenvalue weighted by Crippen LogP contribution is -2.06. The summed E-state index contributed by atoms with van der Waals surface area (Å²) in [6, 6.07) is 5.12. The normalized spacial score (nSPS) is 22.1. The molecule has 1 heterocycles. The van der Waals surface area contributed by atoms with E-state index >= 15 is 0 Å². The molecule has 1 atom stereocenters. The maximum Gasteiger partial charge on any atom is 0.128 e. The highest BCUT2D eigenvalue weighted by atomic mass is 35.5. The van der Waals surface area contributed by atoms with Crippen molar-refractivity contribution in [2.45, 2.75) is 46.0 Å². The molecule has 3 rings (SSSR count). The van der Waals surface area contributed by atoms with Gasteiger partial charge < -0.3 is 4.57 Å². The molecule has 20 heavy (non-hydrogen) atoms. The lowest BCUT2D eigenvalue weighted by molar-refractivity contribution is 0.457. The van der Waals surface area contributed by atoms with Crippen molar-refractivity contribution in [1.82, 2.24) is 9.55 Å². The van der Waals surface area contributed by atoms with E-state index < -0.39 is 0 Å². The van der Waals surface area contributed by atoms with E-state index in [0.717, 1.165) is 11.3 Å². The summed E-state index contributed by atoms with van der Waals surface area (Å²) in [6.07, 6.45) is 0. The molecule has 0 spiro atoms. The maximum atomic E-state index is 13.4. The highest BCUT2D eigenvalue weighted by Crippen LogP contribution is 2.72. The average molecular weight is 295 g/mol. The first-order chi connectivity index (χ1) is 9.18. The van der Waals surface area contributed by atoms with Crippen LogP contribution in [0.3, 0.4) is 0 Å². The van der Waals surface area contributed by atoms with E-state index in [1.807, 2.05) is 13.0 Å². The van der Waals surface area contributed by atoms with Gasteiger partial charge in [0.05, 0.1) is 16.4 Å². The van der Waals surface area contributed by atoms with Crippen molar-refractivity contribution >= 4 is 22.6 Å². The van der Waals surface area contributed by atoms with Crippen LogP contribution >= 0.6 is 11.6 Å². The number of aromatic nitrogens is 2. The summed E-state index contributed by atoms with van der Waals surface area (Å²) in [4.78, 5) is 4.56. The fraction of sp³-hybridized carbons (Fsp3) is 0.562. The molecule has 1 saturated carbocycles. The highest BCUT2D eigenvalue weighted by Gasteiger charge is 2.66. The number of alkyl halides is 1. The molecule has 0 radical (unpaired) electrons. The van der Waals surface area contributed by atoms with E-state index in [1.54, 1.807) is 0 Å². The monoisotopic (exact) mass is 294 g/mol. The molecular formula is C16H20ClFN2. The Morgan fingerprint density at radius 2 is 1.85 bits per heavy atom. The molecule has 0 aliphatic heterocycles. The number of hydrogen-bond acceptors (Lipinski definition) is 1. The first-order valence-corrected chi connectivity index (χ1v) is 7.43. The van der Waals surface area contributed by atoms with Crippen molar-refractivity contribution in [3.05, 3.63) is 29.8 Å². The predicted molar refractivity (Wildman–Crippen MR) is 80.6 cm³/mol. The predicted octanol–water partition coefficient (Wildman–Crippen LogP) is 5.08. The van der Waals surface area contributed by atoms with Gasteiger partial charge in [0.1, 0.15) is 11.6 Å². The molecule has 1 unspecified atom stereocenters. The minimum Gasteiger partial charge on any atom is -0.322 e. The molecule has 0 bridgehead atoms. The van der Waals surface area contributed by atoms with Crippen molar-refractivity contribution in [2.24, 2.45) is 10.8 Å². The minimum absolute atomic E-state index is 0.176. The van der Waals surface area contributed by atoms with Gasteiger partial charge in [-0.3, -0.25) is 0 Å². The summed E-state index contributed by atoms with van der Waals surface area (Å²) in [5.41, 5.74) is 2.01. The number of rotatable bonds is 2. The maximum absolute atomic E-state index is 13.4. The van der Waals surface area contributed by atoms with E-state index in [-0.39, 0.29) is 22.0 Å². The Morgan fingerprint density at radius 3 is 2.35 bits per heavy atom. The zero-order valence-corrected chi connectivity index (χ0v) is 13.3. The Bertz CT molecular complexity index is 671. The van der Waals surface area contributed by atoms with Gasteiger partial charge in [-0.2, -0.15) is 0 Å². The van der Waals surface area contributed by atoms with Gasteiger partial charge >= 0.3 is 0 Å². The van der Waals surface area contributed by atoms with Gasteiger partial charge in [-0.1, -0.05) is 27.7 Å². The van der Waals surface area contributed by atoms with Crippen LogP contribution in [0.15, 0.2) is 18.2 Å². The summed E-state index contributed by atoms with van der Waals surface area (Å²) in [6.45, 7) is 11.0. The molecule has 1 aliphatic rings. The summed E-state index contributed by atoms with van der Waals surface area (Å²) >= 11 is 6.30. The smallest absolute Gasteiger partial charge is 0.128 e. The van der Waals surface area contributed by atoms with Gasteiger partial charge in [-0.15, -0.1) is 11.6 Å². The summed E-state index contributed by atoms with van der Waals surface area (Å²) in [5.74, 6) is 0.571. The van der Waals surface area contributed by atoms with Crippen molar-refractivity contribution < 1.29 is 4.39 Å². The van der Waals surface area contributed by atoms with Gasteiger partial charge in [-0.05, 0) is 29.9 Å². The zero-order chi connectivity index (χ0) is 14.9. The van der Waals surface area contributed by atoms with Crippen molar-refractivity contribution in [1.29, 1.82) is 0 Å². The van der Waals surface area contributed by atoms with Crippen LogP contribution in [0.1, 0.15) is 51.9 Å². The molecule has 1 aliphatic carbocycles. The fourth-order valence-corrected chi connectivity index (χ4v) is 3.60. The summed E-state index contributed by atoms with van der Waals surface area (Å²) in [7, 11) is 0. The van der Waals surface area contributed by atoms with Crippen LogP contribution in [0.4, 0.5) is 4.39 Å². The van der Waals surface area contributed by atoms with E-state index in [1.165, 1.54) is 12.1 Å². The second-order valence-electron chi connectivity index (χ2n) is 6.93. The second-order valence-corrected chi connectivity index (χ2v) is 7.59. The number of benzene rings is 1. The molecule has 1 aromatic carbocycles. The third-order valence-electron chi connectivity index (χ3n) is 5.24. The lowest BCUT2D eigenvalue weighted by Gasteiger charge is -2.12. The first kappa shape index (κ1) is 13.9. The van der Waals surface area contributed by atoms with Crippen LogP contribution in [0.5, 0.6) is 0 Å². The molecule has 0 amide bonds. The molecule has 1 fully saturated rings. The third-order valence-corrected chi connectivity index (χ3v) is 5.43. The molecule has 0 N–H and O–H groups in total. The minimum atomic E-state index is -0.259. The topological polar surface area (TPSA) is 17.8 Å². The van der Waals surface area contributed by atoms with Crippen LogP contribution in [-0.2, 0) is 0 Å². The average Bonchev–Trinajstić information content (AvgIpc) is 2.64. The van der Waals surface area contributed by atoms with Crippen LogP contribution in [-0.4, -0.2) is 9.55 Å². The quantitative estimate of drug-likeness (QED) is 0.706. The Hall–Kier alpha value is -1.09. The number of hydrogen-bond donors (Lipinski definition) is 0. The van der Waals surface area contributed by atoms with Gasteiger partial charge in [0.15, 0.2) is 0 Å². The Balaban J connectivity index is 2.27. The Kier molecular flexibility index (Phi) is 2.75. The molecule has 108 valence electrons. The molecule has 2 nitrogen and oxygen atoms in total. The first-order valence-electron chi connectivity index (χ1n) is 6.99. The summed E-state index contributed by atoms with van der Waals surface area (Å²) in [5, 5.41) is -0.197. The zero-order valence-electron chi connectivity index (χ0n) is 12.5. The Labute approximate surface area is 123 Å². The van der Waals surface area contributed by atoms with Crippen molar-refractivity contribution in [2.75, 3.05) is 0 Å². The molecule has 2 aromatic rings. The van der Waals surface area contributed by atoms with Crippen LogP contribution in [0, 0.1) is 16.6 Å². The van der Waals surface area contributed by atoms with Crippen molar-refractivity contribution in [3.8, 4) is 0 Å². The largest absolute Gasteiger partial charge is 0.322 e. The number of imidazole rings is 1. The number of fused-ring (bicyclic) bond motifs is 1. The molecular weight excluding hydrogens is 275 g/mol. The van der Waals surface area contributed by atoms with Gasteiger partial charge in [0.2, 0.25) is 0 Å². The van der Waals surface area contributed by atoms with E-state index in [4.69, 9.17) is 11.6 Å². The standard InChI is InChI=1S/C16H20ClFN2/c1-9(17)13-19-11-8-10(18)6-7-12(11)20(13)14-15(2,3)16(14,4)5/h6-9,14H,1-5H3. The Morgan fingerprint density at radius 1 is 1.25 bits per heavy atom. The van der Waals surface area contributed by atoms with Gasteiger partial charge in [-0.25, -0.2) is 9.37 Å². The number of nitrogens with zero attached hydrogens (tertiary/aromatic N) is 2. The van der Waals surface area contributed by atoms with Crippen molar-refractivity contribution in [3.63, 3.8) is 0 Å². The molecule has 0 saturated heterocycles. The van der Waals surface area contributed by atoms with Crippen LogP contribution in [0.2, 0.25) is 0 Å². The third kappa shape index (κ3) is 1.65. The van der Waals surface area contributed by atoms with Gasteiger partial charge in [0.25, 0.3) is 0 Å². The molecule has 4 heteroatoms. The van der Waals surface area contributed by atoms with Crippen LogP contribution < -0.4 is 0 Å². The number of halogens is 2.